The number of aliphatic hydroxyl groups is 1. The van der Waals surface area contributed by atoms with Gasteiger partial charge in [-0.1, -0.05) is 0 Å². The molecule has 0 spiro atoms. The van der Waals surface area contributed by atoms with Gasteiger partial charge in [-0.05, 0) is 22.0 Å². The summed E-state index contributed by atoms with van der Waals surface area (Å²) in [5.41, 5.74) is -1.08. The van der Waals surface area contributed by atoms with Gasteiger partial charge in [0, 0.05) is 19.6 Å². The van der Waals surface area contributed by atoms with Crippen molar-refractivity contribution in [2.75, 3.05) is 26.2 Å². The van der Waals surface area contributed by atoms with Gasteiger partial charge in [0.2, 0.25) is 0 Å². The molecule has 126 valence electrons. The minimum Gasteiger partial charge on any atom is -0.465 e. The molecule has 0 aliphatic carbocycles. The van der Waals surface area contributed by atoms with Crippen molar-refractivity contribution in [1.82, 2.24) is 9.80 Å². The van der Waals surface area contributed by atoms with Crippen molar-refractivity contribution in [1.29, 1.82) is 0 Å². The summed E-state index contributed by atoms with van der Waals surface area (Å²) in [4.78, 5) is 25.2. The lowest BCUT2D eigenvalue weighted by molar-refractivity contribution is 0.0302. The quantitative estimate of drug-likeness (QED) is 0.588. The minimum absolute atomic E-state index is 0.0835. The highest BCUT2D eigenvalue weighted by Gasteiger charge is 2.35. The molecular weight excluding hydrogens is 385 g/mol. The normalized spacial score (nSPS) is 18.2. The van der Waals surface area contributed by atoms with Crippen LogP contribution in [0.4, 0.5) is 18.0 Å². The lowest BCUT2D eigenvalue weighted by Crippen LogP contribution is -2.57. The molecule has 0 saturated carbocycles. The summed E-state index contributed by atoms with van der Waals surface area (Å²) in [6.45, 7) is -1.07. The van der Waals surface area contributed by atoms with Crippen LogP contribution in [0.5, 0.6) is 0 Å². The number of carbonyl (C=O) groups is 2. The molecule has 2 amide bonds. The highest BCUT2D eigenvalue weighted by atomic mass is 79.9. The number of nitrogens with zero attached hydrogens (tertiary/aromatic N) is 2. The molecule has 0 unspecified atom stereocenters. The molecule has 1 atom stereocenters. The van der Waals surface area contributed by atoms with Crippen molar-refractivity contribution in [3.05, 3.63) is 33.6 Å². The Kier molecular flexibility index (Phi) is 5.15. The van der Waals surface area contributed by atoms with Crippen LogP contribution in [0.2, 0.25) is 0 Å². The van der Waals surface area contributed by atoms with Crippen LogP contribution in [0.25, 0.3) is 0 Å². The van der Waals surface area contributed by atoms with E-state index in [0.717, 1.165) is 9.80 Å². The van der Waals surface area contributed by atoms with Gasteiger partial charge in [-0.15, -0.1) is 0 Å². The third-order valence-corrected chi connectivity index (χ3v) is 4.13. The summed E-state index contributed by atoms with van der Waals surface area (Å²) in [6, 6.07) is -0.342. The fraction of sp³-hybridized carbons (Fsp3) is 0.385. The average molecular weight is 397 g/mol. The third kappa shape index (κ3) is 3.27. The lowest BCUT2D eigenvalue weighted by Gasteiger charge is -2.39. The first-order valence-corrected chi connectivity index (χ1v) is 7.29. The molecule has 1 fully saturated rings. The number of carbonyl (C=O) groups excluding carboxylic acids is 1. The molecule has 10 heteroatoms. The fourth-order valence-electron chi connectivity index (χ4n) is 2.36. The Bertz CT molecular complexity index is 659. The van der Waals surface area contributed by atoms with Gasteiger partial charge >= 0.3 is 6.09 Å². The zero-order valence-electron chi connectivity index (χ0n) is 11.6. The second-order valence-corrected chi connectivity index (χ2v) is 5.76. The molecule has 1 aromatic carbocycles. The number of hydrogen-bond acceptors (Lipinski definition) is 3. The second-order valence-electron chi connectivity index (χ2n) is 4.91. The van der Waals surface area contributed by atoms with E-state index in [4.69, 9.17) is 5.11 Å². The van der Waals surface area contributed by atoms with Gasteiger partial charge in [-0.25, -0.2) is 18.0 Å². The molecule has 2 rings (SSSR count). The fourth-order valence-corrected chi connectivity index (χ4v) is 2.73. The van der Waals surface area contributed by atoms with Crippen LogP contribution >= 0.6 is 15.9 Å². The summed E-state index contributed by atoms with van der Waals surface area (Å²) in [5, 5.41) is 18.2. The monoisotopic (exact) mass is 396 g/mol. The van der Waals surface area contributed by atoms with Crippen molar-refractivity contribution in [2.24, 2.45) is 0 Å². The number of aliphatic hydroxyl groups excluding tert-OH is 1. The molecule has 6 nitrogen and oxygen atoms in total. The predicted octanol–water partition coefficient (Wildman–Crippen LogP) is 1.66. The molecule has 0 bridgehead atoms. The highest BCUT2D eigenvalue weighted by molar-refractivity contribution is 9.10. The Hall–Kier alpha value is -1.81. The van der Waals surface area contributed by atoms with Crippen LogP contribution in [0, 0.1) is 17.5 Å². The van der Waals surface area contributed by atoms with E-state index in [1.165, 1.54) is 0 Å². The molecule has 0 aromatic heterocycles. The largest absolute Gasteiger partial charge is 0.465 e. The van der Waals surface area contributed by atoms with Crippen LogP contribution in [-0.2, 0) is 0 Å². The maximum absolute atomic E-state index is 13.9. The van der Waals surface area contributed by atoms with E-state index in [1.807, 2.05) is 0 Å². The topological polar surface area (TPSA) is 81.1 Å². The van der Waals surface area contributed by atoms with Gasteiger partial charge in [0.15, 0.2) is 11.6 Å². The van der Waals surface area contributed by atoms with Crippen LogP contribution < -0.4 is 0 Å². The Labute approximate surface area is 137 Å². The van der Waals surface area contributed by atoms with Crippen molar-refractivity contribution in [3.8, 4) is 0 Å². The van der Waals surface area contributed by atoms with Crippen LogP contribution in [0.1, 0.15) is 10.4 Å². The number of hydrogen-bond donors (Lipinski definition) is 2. The Balaban J connectivity index is 2.34. The van der Waals surface area contributed by atoms with E-state index in [0.29, 0.717) is 6.07 Å². The molecular formula is C13H12BrF3N2O4. The maximum Gasteiger partial charge on any atom is 0.407 e. The highest BCUT2D eigenvalue weighted by Crippen LogP contribution is 2.26. The Morgan fingerprint density at radius 1 is 1.26 bits per heavy atom. The van der Waals surface area contributed by atoms with Crippen molar-refractivity contribution < 1.29 is 33.0 Å². The lowest BCUT2D eigenvalue weighted by atomic mass is 10.1. The summed E-state index contributed by atoms with van der Waals surface area (Å²) >= 11 is 2.63. The standard InChI is InChI=1S/C13H12BrF3N2O4/c14-7-3-8(15)9(11(17)10(7)16)12(21)19-2-1-18(13(22)23)4-6(19)5-20/h3,6,20H,1-2,4-5H2,(H,22,23)/t6-/m1/s1. The zero-order valence-corrected chi connectivity index (χ0v) is 13.2. The third-order valence-electron chi connectivity index (χ3n) is 3.55. The number of piperazine rings is 1. The predicted molar refractivity (Wildman–Crippen MR) is 75.5 cm³/mol. The van der Waals surface area contributed by atoms with Crippen molar-refractivity contribution in [2.45, 2.75) is 6.04 Å². The first kappa shape index (κ1) is 17.5. The molecule has 2 N–H and O–H groups in total. The maximum atomic E-state index is 13.9. The molecule has 0 radical (unpaired) electrons. The van der Waals surface area contributed by atoms with Gasteiger partial charge in [0.1, 0.15) is 11.4 Å². The first-order chi connectivity index (χ1) is 10.8. The van der Waals surface area contributed by atoms with E-state index in [2.05, 4.69) is 15.9 Å². The summed E-state index contributed by atoms with van der Waals surface area (Å²) < 4.78 is 40.9. The summed E-state index contributed by atoms with van der Waals surface area (Å²) in [6.07, 6.45) is -1.23. The second kappa shape index (κ2) is 6.75. The molecule has 1 heterocycles. The Morgan fingerprint density at radius 2 is 1.91 bits per heavy atom. The molecule has 1 saturated heterocycles. The molecule has 1 aliphatic heterocycles. The van der Waals surface area contributed by atoms with E-state index < -0.39 is 52.1 Å². The van der Waals surface area contributed by atoms with Crippen LogP contribution in [-0.4, -0.2) is 64.3 Å². The van der Waals surface area contributed by atoms with Crippen LogP contribution in [0.15, 0.2) is 10.5 Å². The van der Waals surface area contributed by atoms with Crippen molar-refractivity contribution >= 4 is 27.9 Å². The van der Waals surface area contributed by atoms with Gasteiger partial charge in [-0.3, -0.25) is 4.79 Å². The molecule has 1 aromatic rings. The van der Waals surface area contributed by atoms with Crippen LogP contribution in [0.3, 0.4) is 0 Å². The molecule has 23 heavy (non-hydrogen) atoms. The van der Waals surface area contributed by atoms with E-state index in [-0.39, 0.29) is 19.6 Å². The average Bonchev–Trinajstić information content (AvgIpc) is 2.51. The SMILES string of the molecule is O=C(O)N1CCN(C(=O)c2c(F)cc(Br)c(F)c2F)[C@@H](CO)C1. The van der Waals surface area contributed by atoms with Gasteiger partial charge in [-0.2, -0.15) is 0 Å². The number of rotatable bonds is 2. The number of benzene rings is 1. The smallest absolute Gasteiger partial charge is 0.407 e. The zero-order chi connectivity index (χ0) is 17.3. The van der Waals surface area contributed by atoms with E-state index >= 15 is 0 Å². The molecule has 1 aliphatic rings. The van der Waals surface area contributed by atoms with Gasteiger partial charge in [0.05, 0.1) is 17.1 Å². The summed E-state index contributed by atoms with van der Waals surface area (Å²) in [7, 11) is 0. The first-order valence-electron chi connectivity index (χ1n) is 6.50. The minimum atomic E-state index is -1.64. The number of halogens is 4. The Morgan fingerprint density at radius 3 is 2.48 bits per heavy atom. The van der Waals surface area contributed by atoms with Gasteiger partial charge < -0.3 is 20.0 Å². The van der Waals surface area contributed by atoms with E-state index in [1.54, 1.807) is 0 Å². The van der Waals surface area contributed by atoms with E-state index in [9.17, 15) is 27.9 Å². The van der Waals surface area contributed by atoms with Crippen molar-refractivity contribution in [3.63, 3.8) is 0 Å². The summed E-state index contributed by atoms with van der Waals surface area (Å²) in [5.74, 6) is -5.44. The number of amides is 2. The van der Waals surface area contributed by atoms with Gasteiger partial charge in [0.25, 0.3) is 5.91 Å². The number of carboxylic acid groups (broad SMARTS) is 1.